The van der Waals surface area contributed by atoms with Crippen molar-refractivity contribution in [3.05, 3.63) is 59.1 Å². The highest BCUT2D eigenvalue weighted by Gasteiger charge is 2.28. The molecule has 158 valence electrons. The number of pyridine rings is 1. The second-order valence-corrected chi connectivity index (χ2v) is 7.54. The highest BCUT2D eigenvalue weighted by atomic mass is 16.5. The van der Waals surface area contributed by atoms with E-state index in [-0.39, 0.29) is 12.4 Å². The van der Waals surface area contributed by atoms with Crippen molar-refractivity contribution in [1.82, 2.24) is 14.6 Å². The van der Waals surface area contributed by atoms with Crippen LogP contribution in [-0.4, -0.2) is 40.9 Å². The van der Waals surface area contributed by atoms with Crippen LogP contribution in [0.5, 0.6) is 0 Å². The van der Waals surface area contributed by atoms with Gasteiger partial charge in [-0.1, -0.05) is 36.4 Å². The van der Waals surface area contributed by atoms with Gasteiger partial charge >= 0.3 is 5.97 Å². The maximum Gasteiger partial charge on any atom is 0.378 e. The fourth-order valence-electron chi connectivity index (χ4n) is 4.21. The molecule has 0 saturated heterocycles. The first-order valence-corrected chi connectivity index (χ1v) is 10.3. The van der Waals surface area contributed by atoms with Gasteiger partial charge in [-0.3, -0.25) is 0 Å². The van der Waals surface area contributed by atoms with E-state index in [1.54, 1.807) is 18.5 Å². The van der Waals surface area contributed by atoms with Crippen LogP contribution in [0.2, 0.25) is 0 Å². The van der Waals surface area contributed by atoms with Crippen LogP contribution in [0.3, 0.4) is 0 Å². The Morgan fingerprint density at radius 1 is 1.32 bits per heavy atom. The van der Waals surface area contributed by atoms with Crippen molar-refractivity contribution in [2.24, 2.45) is 5.92 Å². The Balaban J connectivity index is 2.05. The fraction of sp³-hybridized carbons (Fsp3) is 0.333. The summed E-state index contributed by atoms with van der Waals surface area (Å²) in [7, 11) is 1.70. The summed E-state index contributed by atoms with van der Waals surface area (Å²) in [5.74, 6) is -0.337. The third-order valence-corrected chi connectivity index (χ3v) is 5.57. The molecule has 1 unspecified atom stereocenters. The van der Waals surface area contributed by atoms with Crippen LogP contribution in [0, 0.1) is 24.2 Å². The minimum absolute atomic E-state index is 0.0451. The van der Waals surface area contributed by atoms with E-state index in [9.17, 15) is 10.1 Å². The number of allylic oxidation sites excluding steroid dienone is 1. The van der Waals surface area contributed by atoms with Gasteiger partial charge in [0.2, 0.25) is 0 Å². The number of rotatable bonds is 6. The van der Waals surface area contributed by atoms with E-state index in [0.29, 0.717) is 23.7 Å². The smallest absolute Gasteiger partial charge is 0.378 e. The van der Waals surface area contributed by atoms with Crippen LogP contribution >= 0.6 is 0 Å². The second-order valence-electron chi connectivity index (χ2n) is 7.54. The number of hydrogen-bond donors (Lipinski definition) is 0. The topological polar surface area (TPSA) is 89.5 Å². The van der Waals surface area contributed by atoms with Crippen LogP contribution in [0.1, 0.15) is 47.2 Å². The largest absolute Gasteiger partial charge is 0.460 e. The van der Waals surface area contributed by atoms with Crippen molar-refractivity contribution in [3.63, 3.8) is 0 Å². The van der Waals surface area contributed by atoms with E-state index < -0.39 is 5.97 Å². The average molecular weight is 416 g/mol. The van der Waals surface area contributed by atoms with E-state index in [0.717, 1.165) is 40.8 Å². The summed E-state index contributed by atoms with van der Waals surface area (Å²) in [5, 5.41) is 14.4. The molecule has 0 spiro atoms. The first-order valence-electron chi connectivity index (χ1n) is 10.3. The number of carbonyl (C=O) groups is 1. The first kappa shape index (κ1) is 20.8. The molecule has 0 amide bonds. The number of fused-ring (bicyclic) bond motifs is 1. The SMILES string of the molecule is CCOC(=O)c1nc2c(C#N)c(C)c(-c3ccccc3)c(C3=CC(COC)CC3)n2n1. The maximum absolute atomic E-state index is 12.3. The number of esters is 1. The number of nitrogens with zero attached hydrogens (tertiary/aromatic N) is 4. The predicted octanol–water partition coefficient (Wildman–Crippen LogP) is 4.19. The van der Waals surface area contributed by atoms with E-state index in [1.807, 2.05) is 37.3 Å². The summed E-state index contributed by atoms with van der Waals surface area (Å²) in [6.45, 7) is 4.53. The molecule has 2 heterocycles. The summed E-state index contributed by atoms with van der Waals surface area (Å²) >= 11 is 0. The number of hydrogen-bond acceptors (Lipinski definition) is 6. The zero-order valence-electron chi connectivity index (χ0n) is 17.9. The Morgan fingerprint density at radius 2 is 2.10 bits per heavy atom. The predicted molar refractivity (Wildman–Crippen MR) is 116 cm³/mol. The van der Waals surface area contributed by atoms with Crippen LogP contribution in [0.15, 0.2) is 36.4 Å². The van der Waals surface area contributed by atoms with Gasteiger partial charge in [-0.15, -0.1) is 5.10 Å². The fourth-order valence-corrected chi connectivity index (χ4v) is 4.21. The lowest BCUT2D eigenvalue weighted by Crippen LogP contribution is -2.08. The quantitative estimate of drug-likeness (QED) is 0.560. The molecule has 7 nitrogen and oxygen atoms in total. The molecule has 0 saturated carbocycles. The van der Waals surface area contributed by atoms with Gasteiger partial charge in [-0.2, -0.15) is 10.2 Å². The molecule has 0 N–H and O–H groups in total. The van der Waals surface area contributed by atoms with Gasteiger partial charge in [0, 0.05) is 18.6 Å². The van der Waals surface area contributed by atoms with Gasteiger partial charge in [0.1, 0.15) is 11.6 Å². The molecule has 0 radical (unpaired) electrons. The van der Waals surface area contributed by atoms with E-state index in [2.05, 4.69) is 22.2 Å². The zero-order valence-corrected chi connectivity index (χ0v) is 17.9. The van der Waals surface area contributed by atoms with Crippen LogP contribution < -0.4 is 0 Å². The third kappa shape index (κ3) is 3.71. The average Bonchev–Trinajstić information content (AvgIpc) is 3.41. The lowest BCUT2D eigenvalue weighted by atomic mass is 9.92. The van der Waals surface area contributed by atoms with E-state index in [4.69, 9.17) is 9.47 Å². The summed E-state index contributed by atoms with van der Waals surface area (Å²) in [4.78, 5) is 16.7. The van der Waals surface area contributed by atoms with Crippen LogP contribution in [-0.2, 0) is 9.47 Å². The molecular weight excluding hydrogens is 392 g/mol. The molecule has 3 aromatic rings. The molecule has 31 heavy (non-hydrogen) atoms. The molecule has 7 heteroatoms. The van der Waals surface area contributed by atoms with Crippen LogP contribution in [0.25, 0.3) is 22.3 Å². The lowest BCUT2D eigenvalue weighted by molar-refractivity contribution is 0.0512. The van der Waals surface area contributed by atoms with Gasteiger partial charge in [-0.05, 0) is 43.4 Å². The Labute approximate surface area is 180 Å². The molecule has 4 rings (SSSR count). The van der Waals surface area contributed by atoms with Crippen molar-refractivity contribution in [2.75, 3.05) is 20.3 Å². The lowest BCUT2D eigenvalue weighted by Gasteiger charge is -2.17. The molecule has 2 aromatic heterocycles. The Kier molecular flexibility index (Phi) is 5.83. The third-order valence-electron chi connectivity index (χ3n) is 5.57. The number of nitriles is 1. The summed E-state index contributed by atoms with van der Waals surface area (Å²) in [6, 6.07) is 12.2. The summed E-state index contributed by atoms with van der Waals surface area (Å²) in [6.07, 6.45) is 4.03. The van der Waals surface area contributed by atoms with Crippen molar-refractivity contribution in [3.8, 4) is 17.2 Å². The first-order chi connectivity index (χ1) is 15.1. The summed E-state index contributed by atoms with van der Waals surface area (Å²) in [5.41, 5.74) is 5.46. The van der Waals surface area contributed by atoms with Crippen molar-refractivity contribution >= 4 is 17.2 Å². The molecule has 1 aromatic carbocycles. The molecule has 0 bridgehead atoms. The van der Waals surface area contributed by atoms with E-state index >= 15 is 0 Å². The highest BCUT2D eigenvalue weighted by molar-refractivity contribution is 5.89. The molecule has 1 aliphatic carbocycles. The highest BCUT2D eigenvalue weighted by Crippen LogP contribution is 2.40. The van der Waals surface area contributed by atoms with Gasteiger partial charge in [-0.25, -0.2) is 9.31 Å². The number of carbonyl (C=O) groups excluding carboxylic acids is 1. The number of aromatic nitrogens is 3. The minimum atomic E-state index is -0.599. The number of methoxy groups -OCH3 is 1. The van der Waals surface area contributed by atoms with Gasteiger partial charge in [0.05, 0.1) is 18.9 Å². The van der Waals surface area contributed by atoms with Crippen molar-refractivity contribution in [1.29, 1.82) is 5.26 Å². The van der Waals surface area contributed by atoms with Gasteiger partial charge in [0.15, 0.2) is 5.65 Å². The molecule has 0 fully saturated rings. The zero-order chi connectivity index (χ0) is 22.0. The number of ether oxygens (including phenoxy) is 2. The molecular formula is C24H24N4O3. The second kappa shape index (κ2) is 8.70. The Bertz CT molecular complexity index is 1210. The van der Waals surface area contributed by atoms with Crippen molar-refractivity contribution in [2.45, 2.75) is 26.7 Å². The normalized spacial score (nSPS) is 15.7. The maximum atomic E-state index is 12.3. The van der Waals surface area contributed by atoms with Crippen molar-refractivity contribution < 1.29 is 14.3 Å². The Hall–Kier alpha value is -3.50. The molecule has 1 atom stereocenters. The number of benzene rings is 1. The Morgan fingerprint density at radius 3 is 2.77 bits per heavy atom. The van der Waals surface area contributed by atoms with Gasteiger partial charge in [0.25, 0.3) is 5.82 Å². The van der Waals surface area contributed by atoms with E-state index in [1.165, 1.54) is 0 Å². The molecule has 1 aliphatic rings. The molecule has 0 aliphatic heterocycles. The minimum Gasteiger partial charge on any atom is -0.460 e. The monoisotopic (exact) mass is 416 g/mol. The summed E-state index contributed by atoms with van der Waals surface area (Å²) < 4.78 is 12.1. The van der Waals surface area contributed by atoms with Crippen LogP contribution in [0.4, 0.5) is 0 Å². The standard InChI is InChI=1S/C24H24N4O3/c1-4-31-24(29)22-26-23-19(13-25)15(2)20(17-8-6-5-7-9-17)21(28(23)27-22)18-11-10-16(12-18)14-30-3/h5-9,12,16H,4,10-11,14H2,1-3H3. The van der Waals surface area contributed by atoms with Gasteiger partial charge < -0.3 is 9.47 Å².